The molecule has 0 radical (unpaired) electrons. The lowest BCUT2D eigenvalue weighted by Crippen LogP contribution is -2.16. The summed E-state index contributed by atoms with van der Waals surface area (Å²) in [6.45, 7) is 6.41. The van der Waals surface area contributed by atoms with E-state index >= 15 is 0 Å². The lowest BCUT2D eigenvalue weighted by Gasteiger charge is -2.17. The first kappa shape index (κ1) is 14.9. The summed E-state index contributed by atoms with van der Waals surface area (Å²) in [7, 11) is 0. The molecule has 106 valence electrons. The van der Waals surface area contributed by atoms with Crippen LogP contribution in [0.15, 0.2) is 42.5 Å². The highest BCUT2D eigenvalue weighted by molar-refractivity contribution is 6.31. The lowest BCUT2D eigenvalue weighted by molar-refractivity contribution is 0.705. The van der Waals surface area contributed by atoms with Crippen LogP contribution in [-0.2, 0) is 6.42 Å². The summed E-state index contributed by atoms with van der Waals surface area (Å²) in [5.74, 6) is 0. The molecule has 0 aliphatic carbocycles. The number of rotatable bonds is 5. The van der Waals surface area contributed by atoms with Crippen molar-refractivity contribution in [2.45, 2.75) is 39.7 Å². The van der Waals surface area contributed by atoms with E-state index in [9.17, 15) is 0 Å². The van der Waals surface area contributed by atoms with Gasteiger partial charge < -0.3 is 5.32 Å². The van der Waals surface area contributed by atoms with Gasteiger partial charge in [-0.1, -0.05) is 47.5 Å². The molecule has 1 atom stereocenters. The highest BCUT2D eigenvalue weighted by Gasteiger charge is 2.06. The largest absolute Gasteiger partial charge is 0.382 e. The third-order valence-corrected chi connectivity index (χ3v) is 4.03. The van der Waals surface area contributed by atoms with Crippen molar-refractivity contribution in [3.63, 3.8) is 0 Å². The van der Waals surface area contributed by atoms with Crippen LogP contribution in [0.1, 0.15) is 30.0 Å². The minimum Gasteiger partial charge on any atom is -0.382 e. The van der Waals surface area contributed by atoms with E-state index in [4.69, 9.17) is 11.6 Å². The summed E-state index contributed by atoms with van der Waals surface area (Å²) in [6, 6.07) is 15.2. The van der Waals surface area contributed by atoms with Crippen molar-refractivity contribution in [2.24, 2.45) is 0 Å². The minimum absolute atomic E-state index is 0.424. The molecule has 0 heterocycles. The van der Waals surface area contributed by atoms with Gasteiger partial charge in [0.1, 0.15) is 0 Å². The van der Waals surface area contributed by atoms with Crippen LogP contribution in [0.25, 0.3) is 0 Å². The predicted octanol–water partition coefficient (Wildman–Crippen LogP) is 5.39. The van der Waals surface area contributed by atoms with E-state index in [0.717, 1.165) is 29.1 Å². The molecular formula is C18H22ClN. The molecule has 2 aromatic carbocycles. The SMILES string of the molecule is Cc1cccc(CCC(C)Nc2cccc(Cl)c2C)c1. The Morgan fingerprint density at radius 3 is 2.60 bits per heavy atom. The highest BCUT2D eigenvalue weighted by Crippen LogP contribution is 2.24. The molecular weight excluding hydrogens is 266 g/mol. The normalized spacial score (nSPS) is 12.2. The summed E-state index contributed by atoms with van der Waals surface area (Å²) < 4.78 is 0. The van der Waals surface area contributed by atoms with E-state index in [-0.39, 0.29) is 0 Å². The van der Waals surface area contributed by atoms with Crippen LogP contribution in [0.5, 0.6) is 0 Å². The Balaban J connectivity index is 1.92. The first-order valence-corrected chi connectivity index (χ1v) is 7.51. The number of anilines is 1. The van der Waals surface area contributed by atoms with Gasteiger partial charge in [0.15, 0.2) is 0 Å². The molecule has 1 unspecified atom stereocenters. The topological polar surface area (TPSA) is 12.0 Å². The summed E-state index contributed by atoms with van der Waals surface area (Å²) in [5, 5.41) is 4.37. The van der Waals surface area contributed by atoms with Crippen molar-refractivity contribution in [3.05, 3.63) is 64.2 Å². The number of nitrogens with one attached hydrogen (secondary N) is 1. The number of hydrogen-bond donors (Lipinski definition) is 1. The smallest absolute Gasteiger partial charge is 0.0455 e. The van der Waals surface area contributed by atoms with Gasteiger partial charge in [0.25, 0.3) is 0 Å². The molecule has 2 rings (SSSR count). The molecule has 1 N–H and O–H groups in total. The predicted molar refractivity (Wildman–Crippen MR) is 88.8 cm³/mol. The first-order chi connectivity index (χ1) is 9.56. The first-order valence-electron chi connectivity index (χ1n) is 7.13. The second-order valence-corrected chi connectivity index (χ2v) is 5.89. The average molecular weight is 288 g/mol. The summed E-state index contributed by atoms with van der Waals surface area (Å²) >= 11 is 6.15. The Morgan fingerprint density at radius 1 is 1.10 bits per heavy atom. The Labute approximate surface area is 127 Å². The number of aryl methyl sites for hydroxylation is 2. The molecule has 2 heteroatoms. The van der Waals surface area contributed by atoms with Crippen LogP contribution >= 0.6 is 11.6 Å². The van der Waals surface area contributed by atoms with Crippen molar-refractivity contribution >= 4 is 17.3 Å². The van der Waals surface area contributed by atoms with Crippen LogP contribution in [0, 0.1) is 13.8 Å². The van der Waals surface area contributed by atoms with Crippen LogP contribution in [0.4, 0.5) is 5.69 Å². The molecule has 0 amide bonds. The molecule has 0 bridgehead atoms. The summed E-state index contributed by atoms with van der Waals surface area (Å²) in [6.07, 6.45) is 2.20. The fraction of sp³-hybridized carbons (Fsp3) is 0.333. The standard InChI is InChI=1S/C18H22ClN/c1-13-6-4-7-16(12-13)11-10-14(2)20-18-9-5-8-17(19)15(18)3/h4-9,12,14,20H,10-11H2,1-3H3. The Bertz CT molecular complexity index is 577. The van der Waals surface area contributed by atoms with E-state index in [2.05, 4.69) is 56.4 Å². The molecule has 0 aliphatic rings. The lowest BCUT2D eigenvalue weighted by atomic mass is 10.0. The molecule has 0 aromatic heterocycles. The molecule has 20 heavy (non-hydrogen) atoms. The second kappa shape index (κ2) is 6.81. The van der Waals surface area contributed by atoms with Crippen molar-refractivity contribution in [3.8, 4) is 0 Å². The Hall–Kier alpha value is -1.47. The summed E-state index contributed by atoms with van der Waals surface area (Å²) in [4.78, 5) is 0. The van der Waals surface area contributed by atoms with E-state index < -0.39 is 0 Å². The van der Waals surface area contributed by atoms with Crippen LogP contribution in [0.2, 0.25) is 5.02 Å². The molecule has 0 saturated carbocycles. The quantitative estimate of drug-likeness (QED) is 0.777. The maximum atomic E-state index is 6.15. The van der Waals surface area contributed by atoms with E-state index in [1.54, 1.807) is 0 Å². The molecule has 0 saturated heterocycles. The minimum atomic E-state index is 0.424. The highest BCUT2D eigenvalue weighted by atomic mass is 35.5. The van der Waals surface area contributed by atoms with E-state index in [1.807, 2.05) is 12.1 Å². The zero-order chi connectivity index (χ0) is 14.5. The third-order valence-electron chi connectivity index (χ3n) is 3.62. The van der Waals surface area contributed by atoms with E-state index in [0.29, 0.717) is 6.04 Å². The molecule has 0 aliphatic heterocycles. The molecule has 0 spiro atoms. The third kappa shape index (κ3) is 4.01. The molecule has 2 aromatic rings. The van der Waals surface area contributed by atoms with Crippen LogP contribution in [0.3, 0.4) is 0 Å². The number of halogens is 1. The van der Waals surface area contributed by atoms with Crippen LogP contribution in [-0.4, -0.2) is 6.04 Å². The van der Waals surface area contributed by atoms with Crippen molar-refractivity contribution in [2.75, 3.05) is 5.32 Å². The van der Waals surface area contributed by atoms with Gasteiger partial charge in [-0.25, -0.2) is 0 Å². The van der Waals surface area contributed by atoms with Crippen molar-refractivity contribution in [1.82, 2.24) is 0 Å². The van der Waals surface area contributed by atoms with Gasteiger partial charge >= 0.3 is 0 Å². The number of hydrogen-bond acceptors (Lipinski definition) is 1. The fourth-order valence-corrected chi connectivity index (χ4v) is 2.53. The summed E-state index contributed by atoms with van der Waals surface area (Å²) in [5.41, 5.74) is 4.99. The van der Waals surface area contributed by atoms with Crippen molar-refractivity contribution in [1.29, 1.82) is 0 Å². The van der Waals surface area contributed by atoms with Gasteiger partial charge in [-0.15, -0.1) is 0 Å². The molecule has 1 nitrogen and oxygen atoms in total. The van der Waals surface area contributed by atoms with Crippen molar-refractivity contribution < 1.29 is 0 Å². The fourth-order valence-electron chi connectivity index (χ4n) is 2.35. The van der Waals surface area contributed by atoms with Gasteiger partial charge in [0.05, 0.1) is 0 Å². The Morgan fingerprint density at radius 2 is 1.85 bits per heavy atom. The van der Waals surface area contributed by atoms with E-state index in [1.165, 1.54) is 11.1 Å². The monoisotopic (exact) mass is 287 g/mol. The maximum absolute atomic E-state index is 6.15. The Kier molecular flexibility index (Phi) is 5.08. The zero-order valence-corrected chi connectivity index (χ0v) is 13.2. The number of benzene rings is 2. The van der Waals surface area contributed by atoms with Gasteiger partial charge in [0, 0.05) is 16.8 Å². The van der Waals surface area contributed by atoms with Gasteiger partial charge in [-0.3, -0.25) is 0 Å². The zero-order valence-electron chi connectivity index (χ0n) is 12.4. The maximum Gasteiger partial charge on any atom is 0.0455 e. The van der Waals surface area contributed by atoms with Gasteiger partial charge in [-0.2, -0.15) is 0 Å². The average Bonchev–Trinajstić information content (AvgIpc) is 2.42. The van der Waals surface area contributed by atoms with Crippen LogP contribution < -0.4 is 5.32 Å². The second-order valence-electron chi connectivity index (χ2n) is 5.49. The van der Waals surface area contributed by atoms with Gasteiger partial charge in [-0.05, 0) is 56.9 Å². The van der Waals surface area contributed by atoms with Gasteiger partial charge in [0.2, 0.25) is 0 Å². The molecule has 0 fully saturated rings.